The van der Waals surface area contributed by atoms with Crippen LogP contribution in [0.4, 0.5) is 4.79 Å². The molecule has 1 aromatic carbocycles. The van der Waals surface area contributed by atoms with E-state index in [4.69, 9.17) is 10.00 Å². The number of carbonyl (C=O) groups is 3. The van der Waals surface area contributed by atoms with E-state index in [1.54, 1.807) is 12.1 Å². The van der Waals surface area contributed by atoms with Gasteiger partial charge in [-0.3, -0.25) is 10.1 Å². The van der Waals surface area contributed by atoms with Crippen molar-refractivity contribution in [2.45, 2.75) is 38.6 Å². The quantitative estimate of drug-likeness (QED) is 0.814. The van der Waals surface area contributed by atoms with Gasteiger partial charge in [0.15, 0.2) is 6.61 Å². The fourth-order valence-corrected chi connectivity index (χ4v) is 2.83. The van der Waals surface area contributed by atoms with Crippen LogP contribution in [-0.2, 0) is 9.53 Å². The van der Waals surface area contributed by atoms with Gasteiger partial charge in [0.25, 0.3) is 5.91 Å². The summed E-state index contributed by atoms with van der Waals surface area (Å²) in [6, 6.07) is 7.35. The Morgan fingerprint density at radius 2 is 2.04 bits per heavy atom. The number of imide groups is 1. The van der Waals surface area contributed by atoms with E-state index in [0.717, 1.165) is 25.7 Å². The lowest BCUT2D eigenvalue weighted by Gasteiger charge is -2.29. The maximum Gasteiger partial charge on any atom is 0.338 e. The fourth-order valence-electron chi connectivity index (χ4n) is 2.83. The summed E-state index contributed by atoms with van der Waals surface area (Å²) in [5.41, 5.74) is 0.493. The molecule has 1 aliphatic carbocycles. The van der Waals surface area contributed by atoms with Gasteiger partial charge in [0.05, 0.1) is 17.2 Å². The van der Waals surface area contributed by atoms with E-state index < -0.39 is 24.5 Å². The molecule has 2 unspecified atom stereocenters. The largest absolute Gasteiger partial charge is 0.452 e. The third-order valence-corrected chi connectivity index (χ3v) is 4.24. The highest BCUT2D eigenvalue weighted by molar-refractivity contribution is 5.97. The highest BCUT2D eigenvalue weighted by Crippen LogP contribution is 2.23. The minimum atomic E-state index is -0.728. The van der Waals surface area contributed by atoms with Crippen molar-refractivity contribution in [1.82, 2.24) is 10.6 Å². The smallest absolute Gasteiger partial charge is 0.338 e. The second-order valence-electron chi connectivity index (χ2n) is 6.16. The minimum Gasteiger partial charge on any atom is -0.452 e. The normalized spacial score (nSPS) is 19.4. The van der Waals surface area contributed by atoms with Crippen molar-refractivity contribution >= 4 is 17.9 Å². The number of hydrogen-bond acceptors (Lipinski definition) is 5. The zero-order valence-electron chi connectivity index (χ0n) is 14.1. The molecule has 7 nitrogen and oxygen atoms in total. The highest BCUT2D eigenvalue weighted by Gasteiger charge is 2.23. The van der Waals surface area contributed by atoms with Crippen molar-refractivity contribution in [2.75, 3.05) is 6.61 Å². The Balaban J connectivity index is 1.77. The molecule has 1 saturated carbocycles. The molecule has 0 aromatic heterocycles. The van der Waals surface area contributed by atoms with E-state index in [-0.39, 0.29) is 11.6 Å². The number of rotatable bonds is 4. The Bertz CT molecular complexity index is 696. The Kier molecular flexibility index (Phi) is 6.52. The van der Waals surface area contributed by atoms with Crippen molar-refractivity contribution in [3.63, 3.8) is 0 Å². The first-order valence-corrected chi connectivity index (χ1v) is 8.27. The van der Waals surface area contributed by atoms with Crippen LogP contribution < -0.4 is 10.6 Å². The molecule has 2 atom stereocenters. The molecule has 0 bridgehead atoms. The van der Waals surface area contributed by atoms with Gasteiger partial charge in [-0.25, -0.2) is 9.59 Å². The lowest BCUT2D eigenvalue weighted by atomic mass is 9.86. The Morgan fingerprint density at radius 3 is 2.76 bits per heavy atom. The van der Waals surface area contributed by atoms with Gasteiger partial charge in [0, 0.05) is 6.04 Å². The van der Waals surface area contributed by atoms with Crippen LogP contribution in [0.15, 0.2) is 24.3 Å². The summed E-state index contributed by atoms with van der Waals surface area (Å²) in [5.74, 6) is -1.06. The lowest BCUT2D eigenvalue weighted by Crippen LogP contribution is -2.48. The number of nitrogens with zero attached hydrogens (tertiary/aromatic N) is 1. The van der Waals surface area contributed by atoms with Gasteiger partial charge >= 0.3 is 12.0 Å². The molecule has 1 aromatic rings. The number of ether oxygens (including phenoxy) is 1. The number of hydrogen-bond donors (Lipinski definition) is 2. The van der Waals surface area contributed by atoms with Crippen LogP contribution in [0.25, 0.3) is 0 Å². The summed E-state index contributed by atoms with van der Waals surface area (Å²) < 4.78 is 4.86. The third kappa shape index (κ3) is 5.60. The van der Waals surface area contributed by atoms with E-state index in [1.807, 2.05) is 6.07 Å². The van der Waals surface area contributed by atoms with Crippen LogP contribution in [-0.4, -0.2) is 30.6 Å². The van der Waals surface area contributed by atoms with Crippen LogP contribution >= 0.6 is 0 Å². The molecule has 7 heteroatoms. The van der Waals surface area contributed by atoms with Crippen molar-refractivity contribution in [3.05, 3.63) is 35.4 Å². The number of nitriles is 1. The number of esters is 1. The molecule has 1 aliphatic rings. The van der Waals surface area contributed by atoms with Crippen LogP contribution in [0.5, 0.6) is 0 Å². The minimum absolute atomic E-state index is 0.0535. The van der Waals surface area contributed by atoms with Gasteiger partial charge in [-0.15, -0.1) is 0 Å². The average Bonchev–Trinajstić information content (AvgIpc) is 2.61. The van der Waals surface area contributed by atoms with E-state index in [2.05, 4.69) is 17.6 Å². The monoisotopic (exact) mass is 343 g/mol. The van der Waals surface area contributed by atoms with Gasteiger partial charge in [-0.05, 0) is 37.0 Å². The molecule has 2 rings (SSSR count). The highest BCUT2D eigenvalue weighted by atomic mass is 16.5. The average molecular weight is 343 g/mol. The van der Waals surface area contributed by atoms with Crippen LogP contribution in [0, 0.1) is 17.2 Å². The van der Waals surface area contributed by atoms with E-state index in [9.17, 15) is 14.4 Å². The van der Waals surface area contributed by atoms with Crippen LogP contribution in [0.3, 0.4) is 0 Å². The van der Waals surface area contributed by atoms with Crippen LogP contribution in [0.1, 0.15) is 48.5 Å². The molecule has 0 radical (unpaired) electrons. The number of amides is 3. The number of benzene rings is 1. The predicted molar refractivity (Wildman–Crippen MR) is 89.5 cm³/mol. The van der Waals surface area contributed by atoms with Crippen molar-refractivity contribution in [3.8, 4) is 6.07 Å². The summed E-state index contributed by atoms with van der Waals surface area (Å²) in [6.07, 6.45) is 4.16. The van der Waals surface area contributed by atoms with Crippen LogP contribution in [0.2, 0.25) is 0 Å². The van der Waals surface area contributed by atoms with Crippen molar-refractivity contribution in [2.24, 2.45) is 5.92 Å². The second-order valence-corrected chi connectivity index (χ2v) is 6.16. The molecule has 3 amide bonds. The zero-order valence-corrected chi connectivity index (χ0v) is 14.1. The zero-order chi connectivity index (χ0) is 18.2. The summed E-state index contributed by atoms with van der Waals surface area (Å²) in [7, 11) is 0. The summed E-state index contributed by atoms with van der Waals surface area (Å²) in [4.78, 5) is 35.4. The van der Waals surface area contributed by atoms with Gasteiger partial charge in [-0.1, -0.05) is 25.8 Å². The molecule has 0 spiro atoms. The summed E-state index contributed by atoms with van der Waals surface area (Å²) >= 11 is 0. The van der Waals surface area contributed by atoms with Gasteiger partial charge < -0.3 is 10.1 Å². The fraction of sp³-hybridized carbons (Fsp3) is 0.444. The number of nitrogens with one attached hydrogen (secondary N) is 2. The first-order valence-electron chi connectivity index (χ1n) is 8.27. The third-order valence-electron chi connectivity index (χ3n) is 4.24. The van der Waals surface area contributed by atoms with Crippen molar-refractivity contribution in [1.29, 1.82) is 5.26 Å². The van der Waals surface area contributed by atoms with Gasteiger partial charge in [0.1, 0.15) is 0 Å². The molecular weight excluding hydrogens is 322 g/mol. The first kappa shape index (κ1) is 18.5. The van der Waals surface area contributed by atoms with E-state index in [1.165, 1.54) is 12.1 Å². The molecule has 0 aliphatic heterocycles. The molecule has 2 N–H and O–H groups in total. The molecule has 1 fully saturated rings. The number of carbonyl (C=O) groups excluding carboxylic acids is 3. The number of urea groups is 1. The topological polar surface area (TPSA) is 108 Å². The van der Waals surface area contributed by atoms with E-state index in [0.29, 0.717) is 11.5 Å². The summed E-state index contributed by atoms with van der Waals surface area (Å²) in [5, 5.41) is 13.7. The first-order chi connectivity index (χ1) is 12.0. The molecule has 132 valence electrons. The summed E-state index contributed by atoms with van der Waals surface area (Å²) in [6.45, 7) is 1.51. The maximum atomic E-state index is 11.9. The molecule has 0 saturated heterocycles. The van der Waals surface area contributed by atoms with Gasteiger partial charge in [0.2, 0.25) is 0 Å². The standard InChI is InChI=1S/C18H21N3O4/c1-12-5-2-3-8-15(12)20-18(24)21-16(22)11-25-17(23)14-7-4-6-13(9-14)10-19/h4,6-7,9,12,15H,2-3,5,8,11H2,1H3,(H2,20,21,22,24). The van der Waals surface area contributed by atoms with E-state index >= 15 is 0 Å². The molecular formula is C18H21N3O4. The Morgan fingerprint density at radius 1 is 1.28 bits per heavy atom. The maximum absolute atomic E-state index is 11.9. The molecule has 0 heterocycles. The van der Waals surface area contributed by atoms with Gasteiger partial charge in [-0.2, -0.15) is 5.26 Å². The SMILES string of the molecule is CC1CCCCC1NC(=O)NC(=O)COC(=O)c1cccc(C#N)c1. The second kappa shape index (κ2) is 8.83. The Labute approximate surface area is 146 Å². The molecule has 25 heavy (non-hydrogen) atoms. The Hall–Kier alpha value is -2.88. The van der Waals surface area contributed by atoms with Crippen molar-refractivity contribution < 1.29 is 19.1 Å². The lowest BCUT2D eigenvalue weighted by molar-refractivity contribution is -0.123. The predicted octanol–water partition coefficient (Wildman–Crippen LogP) is 2.12.